The molecule has 2 fully saturated rings. The predicted molar refractivity (Wildman–Crippen MR) is 111 cm³/mol. The smallest absolute Gasteiger partial charge is 0.240 e. The SMILES string of the molecule is O=C(Nc1nccs1)C(CC1CCOCC1)c1ccc(S(=O)(=O)NC2CC2)cc1. The molecule has 2 aliphatic rings. The lowest BCUT2D eigenvalue weighted by atomic mass is 9.84. The van der Waals surface area contributed by atoms with Crippen LogP contribution in [-0.4, -0.2) is 38.6 Å². The third-order valence-corrected chi connectivity index (χ3v) is 7.61. The third-order valence-electron chi connectivity index (χ3n) is 5.38. The van der Waals surface area contributed by atoms with Crippen LogP contribution < -0.4 is 10.0 Å². The number of aromatic nitrogens is 1. The second-order valence-electron chi connectivity index (χ2n) is 7.64. The first-order valence-electron chi connectivity index (χ1n) is 9.91. The Morgan fingerprint density at radius 1 is 1.17 bits per heavy atom. The van der Waals surface area contributed by atoms with Crippen molar-refractivity contribution in [2.24, 2.45) is 5.92 Å². The number of anilines is 1. The fraction of sp³-hybridized carbons (Fsp3) is 0.500. The zero-order chi connectivity index (χ0) is 20.3. The minimum Gasteiger partial charge on any atom is -0.381 e. The zero-order valence-corrected chi connectivity index (χ0v) is 17.7. The molecule has 1 aliphatic carbocycles. The van der Waals surface area contributed by atoms with Crippen LogP contribution >= 0.6 is 11.3 Å². The Kier molecular flexibility index (Phi) is 6.29. The molecular formula is C20H25N3O4S2. The van der Waals surface area contributed by atoms with Gasteiger partial charge in [0.2, 0.25) is 15.9 Å². The van der Waals surface area contributed by atoms with Gasteiger partial charge >= 0.3 is 0 Å². The van der Waals surface area contributed by atoms with E-state index in [1.54, 1.807) is 30.5 Å². The lowest BCUT2D eigenvalue weighted by Crippen LogP contribution is -2.27. The number of carbonyl (C=O) groups is 1. The molecule has 156 valence electrons. The standard InChI is InChI=1S/C20H25N3O4S2/c24-19(22-20-21-9-12-28-20)18(13-14-7-10-27-11-8-14)15-1-5-17(6-2-15)29(25,26)23-16-3-4-16/h1-2,5-6,9,12,14,16,18,23H,3-4,7-8,10-11,13H2,(H,21,22,24). The highest BCUT2D eigenvalue weighted by molar-refractivity contribution is 7.89. The molecule has 1 saturated carbocycles. The van der Waals surface area contributed by atoms with Crippen LogP contribution in [0.15, 0.2) is 40.7 Å². The highest BCUT2D eigenvalue weighted by Crippen LogP contribution is 2.31. The summed E-state index contributed by atoms with van der Waals surface area (Å²) in [7, 11) is -3.50. The van der Waals surface area contributed by atoms with E-state index in [-0.39, 0.29) is 22.8 Å². The van der Waals surface area contributed by atoms with Crippen LogP contribution in [0.3, 0.4) is 0 Å². The van der Waals surface area contributed by atoms with Crippen molar-refractivity contribution in [3.8, 4) is 0 Å². The summed E-state index contributed by atoms with van der Waals surface area (Å²) >= 11 is 1.38. The van der Waals surface area contributed by atoms with Crippen molar-refractivity contribution in [1.82, 2.24) is 9.71 Å². The molecule has 2 heterocycles. The number of ether oxygens (including phenoxy) is 1. The number of hydrogen-bond acceptors (Lipinski definition) is 6. The summed E-state index contributed by atoms with van der Waals surface area (Å²) < 4.78 is 33.0. The summed E-state index contributed by atoms with van der Waals surface area (Å²) in [4.78, 5) is 17.4. The van der Waals surface area contributed by atoms with Gasteiger partial charge in [-0.3, -0.25) is 4.79 Å². The van der Waals surface area contributed by atoms with Gasteiger partial charge in [0, 0.05) is 30.8 Å². The number of sulfonamides is 1. The number of hydrogen-bond donors (Lipinski definition) is 2. The predicted octanol–water partition coefficient (Wildman–Crippen LogP) is 3.12. The summed E-state index contributed by atoms with van der Waals surface area (Å²) in [5, 5.41) is 5.28. The molecule has 7 nitrogen and oxygen atoms in total. The molecule has 0 bridgehead atoms. The van der Waals surface area contributed by atoms with E-state index in [1.165, 1.54) is 11.3 Å². The number of nitrogens with one attached hydrogen (secondary N) is 2. The fourth-order valence-corrected chi connectivity index (χ4v) is 5.39. The molecule has 2 N–H and O–H groups in total. The first-order valence-corrected chi connectivity index (χ1v) is 12.3. The van der Waals surface area contributed by atoms with Crippen LogP contribution in [0, 0.1) is 5.92 Å². The molecule has 1 aliphatic heterocycles. The van der Waals surface area contributed by atoms with Crippen LogP contribution in [0.1, 0.15) is 43.6 Å². The van der Waals surface area contributed by atoms with Crippen molar-refractivity contribution in [2.45, 2.75) is 49.0 Å². The van der Waals surface area contributed by atoms with Crippen molar-refractivity contribution in [1.29, 1.82) is 0 Å². The second-order valence-corrected chi connectivity index (χ2v) is 10.2. The maximum absolute atomic E-state index is 13.0. The van der Waals surface area contributed by atoms with Crippen LogP contribution in [0.4, 0.5) is 5.13 Å². The molecule has 0 radical (unpaired) electrons. The average Bonchev–Trinajstić information content (AvgIpc) is 3.37. The molecule has 1 unspecified atom stereocenters. The van der Waals surface area contributed by atoms with Gasteiger partial charge in [0.15, 0.2) is 5.13 Å². The second kappa shape index (κ2) is 8.91. The number of benzene rings is 1. The quantitative estimate of drug-likeness (QED) is 0.664. The van der Waals surface area contributed by atoms with E-state index in [4.69, 9.17) is 4.74 Å². The summed E-state index contributed by atoms with van der Waals surface area (Å²) in [6.07, 6.45) is 5.99. The number of thiazole rings is 1. The van der Waals surface area contributed by atoms with E-state index in [0.717, 1.165) is 44.5 Å². The van der Waals surface area contributed by atoms with Gasteiger partial charge in [0.05, 0.1) is 10.8 Å². The van der Waals surface area contributed by atoms with Crippen LogP contribution in [0.25, 0.3) is 0 Å². The number of nitrogens with zero attached hydrogens (tertiary/aromatic N) is 1. The van der Waals surface area contributed by atoms with Gasteiger partial charge in [-0.25, -0.2) is 18.1 Å². The highest BCUT2D eigenvalue weighted by atomic mass is 32.2. The molecule has 1 saturated heterocycles. The van der Waals surface area contributed by atoms with Crippen LogP contribution in [0.2, 0.25) is 0 Å². The molecule has 1 aromatic carbocycles. The van der Waals surface area contributed by atoms with Crippen molar-refractivity contribution in [2.75, 3.05) is 18.5 Å². The van der Waals surface area contributed by atoms with Gasteiger partial charge in [-0.15, -0.1) is 11.3 Å². The lowest BCUT2D eigenvalue weighted by Gasteiger charge is -2.26. The normalized spacial score (nSPS) is 19.0. The van der Waals surface area contributed by atoms with Crippen LogP contribution in [0.5, 0.6) is 0 Å². The first kappa shape index (κ1) is 20.5. The Morgan fingerprint density at radius 3 is 2.52 bits per heavy atom. The van der Waals surface area contributed by atoms with Crippen molar-refractivity contribution in [3.63, 3.8) is 0 Å². The van der Waals surface area contributed by atoms with Gasteiger partial charge in [0.1, 0.15) is 0 Å². The molecule has 1 aromatic heterocycles. The Morgan fingerprint density at radius 2 is 1.90 bits per heavy atom. The summed E-state index contributed by atoms with van der Waals surface area (Å²) in [6, 6.07) is 6.76. The van der Waals surface area contributed by atoms with Gasteiger partial charge in [-0.2, -0.15) is 0 Å². The van der Waals surface area contributed by atoms with Gasteiger partial charge < -0.3 is 10.1 Å². The lowest BCUT2D eigenvalue weighted by molar-refractivity contribution is -0.118. The maximum Gasteiger partial charge on any atom is 0.240 e. The Balaban J connectivity index is 1.53. The van der Waals surface area contributed by atoms with E-state index in [0.29, 0.717) is 17.5 Å². The summed E-state index contributed by atoms with van der Waals surface area (Å²) in [6.45, 7) is 1.44. The number of rotatable bonds is 8. The van der Waals surface area contributed by atoms with Crippen molar-refractivity contribution in [3.05, 3.63) is 41.4 Å². The largest absolute Gasteiger partial charge is 0.381 e. The van der Waals surface area contributed by atoms with E-state index in [1.807, 2.05) is 5.38 Å². The summed E-state index contributed by atoms with van der Waals surface area (Å²) in [5.41, 5.74) is 0.816. The third kappa shape index (κ3) is 5.42. The Bertz CT molecular complexity index is 919. The van der Waals surface area contributed by atoms with Gasteiger partial charge in [-0.1, -0.05) is 12.1 Å². The molecule has 0 spiro atoms. The Hall–Kier alpha value is -1.81. The molecule has 2 aromatic rings. The number of carbonyl (C=O) groups excluding carboxylic acids is 1. The minimum atomic E-state index is -3.50. The Labute approximate surface area is 174 Å². The van der Waals surface area contributed by atoms with E-state index >= 15 is 0 Å². The van der Waals surface area contributed by atoms with E-state index < -0.39 is 10.0 Å². The van der Waals surface area contributed by atoms with Gasteiger partial charge in [0.25, 0.3) is 0 Å². The highest BCUT2D eigenvalue weighted by Gasteiger charge is 2.29. The molecule has 29 heavy (non-hydrogen) atoms. The van der Waals surface area contributed by atoms with E-state index in [2.05, 4.69) is 15.0 Å². The topological polar surface area (TPSA) is 97.4 Å². The molecule has 1 atom stereocenters. The number of amides is 1. The first-order chi connectivity index (χ1) is 14.0. The monoisotopic (exact) mass is 435 g/mol. The van der Waals surface area contributed by atoms with Crippen LogP contribution in [-0.2, 0) is 19.6 Å². The maximum atomic E-state index is 13.0. The molecular weight excluding hydrogens is 410 g/mol. The molecule has 1 amide bonds. The minimum absolute atomic E-state index is 0.0602. The average molecular weight is 436 g/mol. The van der Waals surface area contributed by atoms with E-state index in [9.17, 15) is 13.2 Å². The van der Waals surface area contributed by atoms with Gasteiger partial charge in [-0.05, 0) is 55.7 Å². The van der Waals surface area contributed by atoms with Crippen molar-refractivity contribution < 1.29 is 17.9 Å². The molecule has 4 rings (SSSR count). The molecule has 9 heteroatoms. The fourth-order valence-electron chi connectivity index (χ4n) is 3.56. The van der Waals surface area contributed by atoms with Crippen molar-refractivity contribution >= 4 is 32.4 Å². The summed E-state index contributed by atoms with van der Waals surface area (Å²) in [5.74, 6) is -0.0796. The zero-order valence-electron chi connectivity index (χ0n) is 16.0.